The van der Waals surface area contributed by atoms with E-state index in [4.69, 9.17) is 14.2 Å². The maximum absolute atomic E-state index is 15.0. The van der Waals surface area contributed by atoms with Crippen LogP contribution in [0.2, 0.25) is 0 Å². The van der Waals surface area contributed by atoms with Gasteiger partial charge in [0.05, 0.1) is 6.61 Å². The van der Waals surface area contributed by atoms with E-state index in [9.17, 15) is 14.0 Å². The molecule has 1 fully saturated rings. The summed E-state index contributed by atoms with van der Waals surface area (Å²) >= 11 is 0. The number of carbonyl (C=O) groups is 2. The van der Waals surface area contributed by atoms with Crippen LogP contribution in [0.3, 0.4) is 0 Å². The molecule has 7 heteroatoms. The van der Waals surface area contributed by atoms with Crippen LogP contribution in [0.5, 0.6) is 5.75 Å². The molecule has 1 saturated heterocycles. The lowest BCUT2D eigenvalue weighted by molar-refractivity contribution is -0.161. The normalized spacial score (nSPS) is 16.3. The highest BCUT2D eigenvalue weighted by molar-refractivity contribution is 5.88. The first-order chi connectivity index (χ1) is 33.5. The Morgan fingerprint density at radius 1 is 0.559 bits per heavy atom. The summed E-state index contributed by atoms with van der Waals surface area (Å²) in [6.07, 6.45) is 42.2. The summed E-state index contributed by atoms with van der Waals surface area (Å²) in [6.45, 7) is 7.08. The van der Waals surface area contributed by atoms with Crippen LogP contribution in [0.25, 0.3) is 11.1 Å². The Kier molecular flexibility index (Phi) is 26.8. The van der Waals surface area contributed by atoms with Crippen LogP contribution < -0.4 is 4.74 Å². The molecular weight excluding hydrogens is 846 g/mol. The lowest BCUT2D eigenvalue weighted by atomic mass is 9.83. The molecule has 0 aromatic heterocycles. The van der Waals surface area contributed by atoms with E-state index >= 15 is 0 Å². The molecule has 1 aliphatic carbocycles. The van der Waals surface area contributed by atoms with E-state index in [-0.39, 0.29) is 5.91 Å². The van der Waals surface area contributed by atoms with E-state index in [1.54, 1.807) is 11.0 Å². The second kappa shape index (κ2) is 33.0. The van der Waals surface area contributed by atoms with E-state index in [2.05, 4.69) is 6.92 Å². The standard InChI is InChI=1S/C61H92FNO5/c1-3-5-6-7-8-9-10-11-12-13-14-15-16-17-18-19-22-25-28-33-46-66-47-34-29-26-23-20-21-24-27-30-35-48-67-53-43-44-55-54-40-31-32-41-56(54)61(57(55)50-53,51-38-36-39-52(62)49-51)68-60(65)58-42-37-45-63(58)59(64)4-2/h31-32,36,38-41,43-44,49-50,58H,3-30,33-35,37,42,45-48H2,1-2H3/t58-,61?/m0/s1. The van der Waals surface area contributed by atoms with Gasteiger partial charge in [0.1, 0.15) is 17.6 Å². The van der Waals surface area contributed by atoms with Crippen molar-refractivity contribution in [3.63, 3.8) is 0 Å². The van der Waals surface area contributed by atoms with Gasteiger partial charge in [-0.2, -0.15) is 0 Å². The highest BCUT2D eigenvalue weighted by atomic mass is 19.1. The highest BCUT2D eigenvalue weighted by Crippen LogP contribution is 2.54. The zero-order valence-electron chi connectivity index (χ0n) is 43.0. The zero-order chi connectivity index (χ0) is 47.9. The van der Waals surface area contributed by atoms with Crippen molar-refractivity contribution >= 4 is 11.9 Å². The van der Waals surface area contributed by atoms with Crippen molar-refractivity contribution in [2.75, 3.05) is 26.4 Å². The monoisotopic (exact) mass is 938 g/mol. The Bertz CT molecular complexity index is 1850. The van der Waals surface area contributed by atoms with Gasteiger partial charge in [0, 0.05) is 42.9 Å². The van der Waals surface area contributed by atoms with E-state index in [1.807, 2.05) is 55.5 Å². The minimum Gasteiger partial charge on any atom is -0.494 e. The molecule has 378 valence electrons. The van der Waals surface area contributed by atoms with Crippen molar-refractivity contribution < 1.29 is 28.2 Å². The van der Waals surface area contributed by atoms with Crippen LogP contribution >= 0.6 is 0 Å². The van der Waals surface area contributed by atoms with Crippen LogP contribution in [0, 0.1) is 5.82 Å². The molecule has 0 spiro atoms. The molecule has 2 atom stereocenters. The summed E-state index contributed by atoms with van der Waals surface area (Å²) in [6, 6.07) is 19.5. The van der Waals surface area contributed by atoms with Gasteiger partial charge in [-0.3, -0.25) is 4.79 Å². The molecule has 1 heterocycles. The Morgan fingerprint density at radius 3 is 1.59 bits per heavy atom. The molecule has 0 N–H and O–H groups in total. The number of likely N-dealkylation sites (tertiary alicyclic amines) is 1. The molecule has 0 saturated carbocycles. The van der Waals surface area contributed by atoms with Gasteiger partial charge in [-0.15, -0.1) is 0 Å². The average Bonchev–Trinajstić information content (AvgIpc) is 3.96. The second-order valence-electron chi connectivity index (χ2n) is 20.2. The second-order valence-corrected chi connectivity index (χ2v) is 20.2. The lowest BCUT2D eigenvalue weighted by Crippen LogP contribution is -2.45. The number of carbonyl (C=O) groups excluding carboxylic acids is 2. The van der Waals surface area contributed by atoms with Gasteiger partial charge in [-0.05, 0) is 67.5 Å². The fourth-order valence-electron chi connectivity index (χ4n) is 10.7. The number of amides is 1. The van der Waals surface area contributed by atoms with Gasteiger partial charge in [-0.1, -0.05) is 230 Å². The molecular formula is C61H92FNO5. The first kappa shape index (κ1) is 55.2. The number of esters is 1. The molecule has 0 radical (unpaired) electrons. The molecule has 5 rings (SSSR count). The number of rotatable bonds is 39. The fraction of sp³-hybridized carbons (Fsp3) is 0.672. The minimum absolute atomic E-state index is 0.0649. The molecule has 6 nitrogen and oxygen atoms in total. The molecule has 68 heavy (non-hydrogen) atoms. The van der Waals surface area contributed by atoms with E-state index in [0.29, 0.717) is 37.3 Å². The zero-order valence-corrected chi connectivity index (χ0v) is 43.0. The quantitative estimate of drug-likeness (QED) is 0.0421. The van der Waals surface area contributed by atoms with Gasteiger partial charge in [0.15, 0.2) is 5.60 Å². The first-order valence-electron chi connectivity index (χ1n) is 28.2. The number of nitrogens with zero attached hydrogens (tertiary/aromatic N) is 1. The van der Waals surface area contributed by atoms with Crippen LogP contribution in [-0.2, 0) is 24.7 Å². The summed E-state index contributed by atoms with van der Waals surface area (Å²) in [5.74, 6) is -0.256. The third kappa shape index (κ3) is 18.2. The molecule has 3 aromatic carbocycles. The Morgan fingerprint density at radius 2 is 1.06 bits per heavy atom. The van der Waals surface area contributed by atoms with Gasteiger partial charge < -0.3 is 19.1 Å². The third-order valence-electron chi connectivity index (χ3n) is 14.7. The summed E-state index contributed by atoms with van der Waals surface area (Å²) in [4.78, 5) is 28.6. The lowest BCUT2D eigenvalue weighted by Gasteiger charge is -2.35. The Hall–Kier alpha value is -3.71. The molecule has 1 aliphatic heterocycles. The maximum Gasteiger partial charge on any atom is 0.330 e. The van der Waals surface area contributed by atoms with Crippen molar-refractivity contribution in [2.24, 2.45) is 0 Å². The van der Waals surface area contributed by atoms with Gasteiger partial charge in [-0.25, -0.2) is 9.18 Å². The van der Waals surface area contributed by atoms with Gasteiger partial charge in [0.2, 0.25) is 5.91 Å². The maximum atomic E-state index is 15.0. The molecule has 0 bridgehead atoms. The molecule has 1 amide bonds. The average molecular weight is 938 g/mol. The first-order valence-corrected chi connectivity index (χ1v) is 28.2. The van der Waals surface area contributed by atoms with Crippen molar-refractivity contribution in [1.29, 1.82) is 0 Å². The number of fused-ring (bicyclic) bond motifs is 3. The number of hydrogen-bond acceptors (Lipinski definition) is 5. The number of hydrogen-bond donors (Lipinski definition) is 0. The number of benzene rings is 3. The van der Waals surface area contributed by atoms with Crippen molar-refractivity contribution in [1.82, 2.24) is 4.90 Å². The van der Waals surface area contributed by atoms with Crippen LogP contribution in [0.4, 0.5) is 4.39 Å². The van der Waals surface area contributed by atoms with E-state index in [0.717, 1.165) is 54.7 Å². The fourth-order valence-corrected chi connectivity index (χ4v) is 10.7. The van der Waals surface area contributed by atoms with Crippen LogP contribution in [-0.4, -0.2) is 49.2 Å². The van der Waals surface area contributed by atoms with Crippen molar-refractivity contribution in [3.8, 4) is 16.9 Å². The summed E-state index contributed by atoms with van der Waals surface area (Å²) in [7, 11) is 0. The summed E-state index contributed by atoms with van der Waals surface area (Å²) in [5.41, 5.74) is 2.50. The van der Waals surface area contributed by atoms with Crippen molar-refractivity contribution in [3.05, 3.63) is 89.2 Å². The molecule has 3 aromatic rings. The topological polar surface area (TPSA) is 65.1 Å². The van der Waals surface area contributed by atoms with Crippen LogP contribution in [0.15, 0.2) is 66.7 Å². The highest BCUT2D eigenvalue weighted by Gasteiger charge is 2.50. The van der Waals surface area contributed by atoms with E-state index in [1.165, 1.54) is 192 Å². The number of ether oxygens (including phenoxy) is 3. The molecule has 2 aliphatic rings. The SMILES string of the molecule is CCCCCCCCCCCCCCCCCCCCCCOCCCCCCCCCCCCOc1ccc2c(c1)C(OC(=O)[C@@H]1CCCN1C(=O)CC)(c1cccc(F)c1)c1ccccc1-2. The smallest absolute Gasteiger partial charge is 0.330 e. The predicted molar refractivity (Wildman–Crippen MR) is 280 cm³/mol. The van der Waals surface area contributed by atoms with Gasteiger partial charge in [0.25, 0.3) is 0 Å². The Balaban J connectivity index is 0.866. The van der Waals surface area contributed by atoms with Gasteiger partial charge >= 0.3 is 5.97 Å². The van der Waals surface area contributed by atoms with E-state index < -0.39 is 23.4 Å². The largest absolute Gasteiger partial charge is 0.494 e. The third-order valence-corrected chi connectivity index (χ3v) is 14.7. The summed E-state index contributed by atoms with van der Waals surface area (Å²) in [5, 5.41) is 0. The Labute approximate surface area is 413 Å². The number of unbranched alkanes of at least 4 members (excludes halogenated alkanes) is 28. The minimum atomic E-state index is -1.40. The molecule has 1 unspecified atom stereocenters. The number of halogens is 1. The van der Waals surface area contributed by atoms with Crippen LogP contribution in [0.1, 0.15) is 242 Å². The predicted octanol–water partition coefficient (Wildman–Crippen LogP) is 17.2. The van der Waals surface area contributed by atoms with Crippen molar-refractivity contribution in [2.45, 2.75) is 237 Å². The summed E-state index contributed by atoms with van der Waals surface area (Å²) < 4.78 is 34.0.